The molecule has 1 amide bonds. The van der Waals surface area contributed by atoms with Crippen LogP contribution in [0.15, 0.2) is 83.1 Å². The van der Waals surface area contributed by atoms with Crippen LogP contribution < -0.4 is 4.74 Å². The maximum absolute atomic E-state index is 13.9. The molecule has 1 saturated heterocycles. The fraction of sp³-hybridized carbons (Fsp3) is 0.361. The number of carbonyl (C=O) groups excluding carboxylic acids is 3. The Bertz CT molecular complexity index is 1690. The first-order valence-corrected chi connectivity index (χ1v) is 16.4. The van der Waals surface area contributed by atoms with Gasteiger partial charge in [0.15, 0.2) is 0 Å². The topological polar surface area (TPSA) is 111 Å². The first kappa shape index (κ1) is 35.1. The van der Waals surface area contributed by atoms with Crippen LogP contribution in [0.5, 0.6) is 5.75 Å². The first-order chi connectivity index (χ1) is 23.2. The van der Waals surface area contributed by atoms with E-state index in [1.54, 1.807) is 36.4 Å². The quantitative estimate of drug-likeness (QED) is 0.242. The number of esters is 2. The smallest absolute Gasteiger partial charge is 0.336 e. The number of nitrogens with zero attached hydrogens (tertiary/aromatic N) is 4. The van der Waals surface area contributed by atoms with E-state index in [9.17, 15) is 14.4 Å². The molecule has 1 aromatic heterocycles. The van der Waals surface area contributed by atoms with Crippen LogP contribution in [0.2, 0.25) is 10.0 Å². The van der Waals surface area contributed by atoms with Crippen molar-refractivity contribution in [1.82, 2.24) is 14.8 Å². The predicted molar refractivity (Wildman–Crippen MR) is 183 cm³/mol. The average Bonchev–Trinajstić information content (AvgIpc) is 3.10. The van der Waals surface area contributed by atoms with Gasteiger partial charge in [0.05, 0.1) is 44.7 Å². The number of halogens is 2. The minimum Gasteiger partial charge on any atom is -0.496 e. The number of aromatic nitrogens is 1. The highest BCUT2D eigenvalue weighted by Crippen LogP contribution is 2.46. The van der Waals surface area contributed by atoms with Gasteiger partial charge in [-0.1, -0.05) is 53.5 Å². The summed E-state index contributed by atoms with van der Waals surface area (Å²) in [4.78, 5) is 54.5. The van der Waals surface area contributed by atoms with E-state index in [1.807, 2.05) is 42.5 Å². The summed E-state index contributed by atoms with van der Waals surface area (Å²) < 4.78 is 16.1. The van der Waals surface area contributed by atoms with Gasteiger partial charge in [-0.2, -0.15) is 0 Å². The number of para-hydroxylation sites is 1. The lowest BCUT2D eigenvalue weighted by Crippen LogP contribution is -2.48. The monoisotopic (exact) mass is 692 g/mol. The molecule has 12 heteroatoms. The molecule has 0 bridgehead atoms. The second-order valence-corrected chi connectivity index (χ2v) is 12.3. The molecule has 10 nitrogen and oxygen atoms in total. The number of piperazine rings is 1. The van der Waals surface area contributed by atoms with Crippen molar-refractivity contribution < 1.29 is 28.6 Å². The Kier molecular flexibility index (Phi) is 11.9. The van der Waals surface area contributed by atoms with Crippen molar-refractivity contribution in [2.45, 2.75) is 31.7 Å². The number of methoxy groups -OCH3 is 3. The van der Waals surface area contributed by atoms with Gasteiger partial charge in [-0.3, -0.25) is 24.5 Å². The summed E-state index contributed by atoms with van der Waals surface area (Å²) in [7, 11) is 4.12. The van der Waals surface area contributed by atoms with Crippen LogP contribution >= 0.6 is 23.2 Å². The Hall–Kier alpha value is -4.25. The van der Waals surface area contributed by atoms with Gasteiger partial charge in [0, 0.05) is 60.6 Å². The number of ether oxygens (including phenoxy) is 3. The lowest BCUT2D eigenvalue weighted by molar-refractivity contribution is -0.143. The van der Waals surface area contributed by atoms with E-state index in [0.29, 0.717) is 62.6 Å². The lowest BCUT2D eigenvalue weighted by atomic mass is 9.73. The van der Waals surface area contributed by atoms with Crippen molar-refractivity contribution in [3.8, 4) is 5.75 Å². The van der Waals surface area contributed by atoms with Crippen molar-refractivity contribution in [3.05, 3.63) is 105 Å². The van der Waals surface area contributed by atoms with Gasteiger partial charge in [0.25, 0.3) is 0 Å². The van der Waals surface area contributed by atoms with Crippen LogP contribution in [0.1, 0.15) is 35.6 Å². The highest BCUT2D eigenvalue weighted by Gasteiger charge is 2.46. The third-order valence-corrected chi connectivity index (χ3v) is 9.42. The van der Waals surface area contributed by atoms with Crippen molar-refractivity contribution in [3.63, 3.8) is 0 Å². The lowest BCUT2D eigenvalue weighted by Gasteiger charge is -2.36. The van der Waals surface area contributed by atoms with Crippen LogP contribution in [-0.2, 0) is 36.8 Å². The fourth-order valence-corrected chi connectivity index (χ4v) is 7.00. The summed E-state index contributed by atoms with van der Waals surface area (Å²) in [5.74, 6) is -2.94. The molecule has 2 atom stereocenters. The molecular formula is C36H38Cl2N4O6. The van der Waals surface area contributed by atoms with Crippen molar-refractivity contribution in [2.24, 2.45) is 10.9 Å². The van der Waals surface area contributed by atoms with Gasteiger partial charge in [-0.25, -0.2) is 4.79 Å². The summed E-state index contributed by atoms with van der Waals surface area (Å²) in [5, 5.41) is 0.506. The maximum atomic E-state index is 13.9. The van der Waals surface area contributed by atoms with Crippen LogP contribution in [-0.4, -0.2) is 85.8 Å². The third-order valence-electron chi connectivity index (χ3n) is 8.76. The minimum absolute atomic E-state index is 0.0473. The van der Waals surface area contributed by atoms with Gasteiger partial charge in [-0.15, -0.1) is 0 Å². The molecule has 2 aromatic carbocycles. The van der Waals surface area contributed by atoms with Gasteiger partial charge >= 0.3 is 11.9 Å². The van der Waals surface area contributed by atoms with E-state index in [1.165, 1.54) is 14.2 Å². The fourth-order valence-electron chi connectivity index (χ4n) is 6.36. The standard InChI is InChI=1S/C36H38Cl2N4O6/c1-46-29-13-5-4-9-23(29)14-15-27-32(35(44)47-2)34(31-25(37)11-8-12-26(31)38)33(36(45)48-3)28(40-27)21-30(43)42-19-17-41(18-20-42)22-24-10-6-7-16-39-24/h4-13,16,32,34H,14-15,17-22H2,1-3H3. The van der Waals surface area contributed by atoms with E-state index in [0.717, 1.165) is 11.3 Å². The largest absolute Gasteiger partial charge is 0.496 e. The van der Waals surface area contributed by atoms with Crippen molar-refractivity contribution >= 4 is 46.8 Å². The van der Waals surface area contributed by atoms with Crippen molar-refractivity contribution in [2.75, 3.05) is 47.5 Å². The number of benzene rings is 2. The minimum atomic E-state index is -1.06. The van der Waals surface area contributed by atoms with Crippen LogP contribution in [0.3, 0.4) is 0 Å². The SMILES string of the molecule is COC(=O)C1=C(CC(=O)N2CCN(Cc3ccccn3)CC2)N=C(CCc2ccccc2OC)C(C(=O)OC)C1c1c(Cl)cccc1Cl. The Labute approximate surface area is 290 Å². The second kappa shape index (κ2) is 16.2. The molecule has 0 radical (unpaired) electrons. The molecule has 48 heavy (non-hydrogen) atoms. The molecule has 2 unspecified atom stereocenters. The zero-order valence-corrected chi connectivity index (χ0v) is 28.7. The highest BCUT2D eigenvalue weighted by atomic mass is 35.5. The summed E-state index contributed by atoms with van der Waals surface area (Å²) >= 11 is 13.5. The molecule has 0 spiro atoms. The normalized spacial score (nSPS) is 18.3. The Balaban J connectivity index is 1.52. The molecule has 2 aliphatic heterocycles. The van der Waals surface area contributed by atoms with Gasteiger partial charge in [0.2, 0.25) is 5.91 Å². The summed E-state index contributed by atoms with van der Waals surface area (Å²) in [5.41, 5.74) is 2.91. The Morgan fingerprint density at radius 2 is 1.56 bits per heavy atom. The van der Waals surface area contributed by atoms with E-state index >= 15 is 0 Å². The van der Waals surface area contributed by atoms with Crippen molar-refractivity contribution in [1.29, 1.82) is 0 Å². The number of aliphatic imine (C=N–C) groups is 1. The molecule has 5 rings (SSSR count). The van der Waals surface area contributed by atoms with Gasteiger partial charge < -0.3 is 19.1 Å². The van der Waals surface area contributed by atoms with Gasteiger partial charge in [0.1, 0.15) is 11.7 Å². The summed E-state index contributed by atoms with van der Waals surface area (Å²) in [6.45, 7) is 3.03. The van der Waals surface area contributed by atoms with Crippen LogP contribution in [0, 0.1) is 5.92 Å². The molecular weight excluding hydrogens is 655 g/mol. The molecule has 3 heterocycles. The number of aryl methyl sites for hydroxylation is 1. The molecule has 1 fully saturated rings. The number of rotatable bonds is 11. The van der Waals surface area contributed by atoms with E-state index in [2.05, 4.69) is 9.88 Å². The van der Waals surface area contributed by atoms with E-state index < -0.39 is 23.8 Å². The highest BCUT2D eigenvalue weighted by molar-refractivity contribution is 6.36. The number of pyridine rings is 1. The van der Waals surface area contributed by atoms with Crippen LogP contribution in [0.25, 0.3) is 0 Å². The maximum Gasteiger partial charge on any atom is 0.336 e. The molecule has 0 N–H and O–H groups in total. The zero-order valence-electron chi connectivity index (χ0n) is 27.2. The summed E-state index contributed by atoms with van der Waals surface area (Å²) in [6.07, 6.45) is 2.35. The molecule has 0 saturated carbocycles. The number of amides is 1. The Morgan fingerprint density at radius 3 is 2.21 bits per heavy atom. The number of carbonyl (C=O) groups is 3. The predicted octanol–water partition coefficient (Wildman–Crippen LogP) is 5.52. The zero-order chi connectivity index (χ0) is 34.2. The number of hydrogen-bond donors (Lipinski definition) is 0. The Morgan fingerprint density at radius 1 is 0.854 bits per heavy atom. The first-order valence-electron chi connectivity index (χ1n) is 15.7. The number of hydrogen-bond acceptors (Lipinski definition) is 9. The van der Waals surface area contributed by atoms with Gasteiger partial charge in [-0.05, 0) is 54.3 Å². The second-order valence-electron chi connectivity index (χ2n) is 11.5. The molecule has 2 aliphatic rings. The average molecular weight is 694 g/mol. The van der Waals surface area contributed by atoms with E-state index in [4.69, 9.17) is 42.4 Å². The summed E-state index contributed by atoms with van der Waals surface area (Å²) in [6, 6.07) is 18.4. The van der Waals surface area contributed by atoms with Crippen LogP contribution in [0.4, 0.5) is 0 Å². The molecule has 252 valence electrons. The third kappa shape index (κ3) is 7.89. The molecule has 3 aromatic rings. The molecule has 0 aliphatic carbocycles. The van der Waals surface area contributed by atoms with E-state index in [-0.39, 0.29) is 33.6 Å².